The minimum Gasteiger partial charge on any atom is -0.313 e. The Morgan fingerprint density at radius 2 is 1.89 bits per heavy atom. The van der Waals surface area contributed by atoms with Crippen LogP contribution in [0.1, 0.15) is 60.8 Å². The molecule has 1 N–H and O–H groups in total. The molecule has 1 fully saturated rings. The van der Waals surface area contributed by atoms with Gasteiger partial charge in [0.1, 0.15) is 0 Å². The van der Waals surface area contributed by atoms with Gasteiger partial charge in [-0.25, -0.2) is 0 Å². The first-order valence-electron chi connectivity index (χ1n) is 7.94. The average molecular weight is 254 g/mol. The molecule has 0 spiro atoms. The van der Waals surface area contributed by atoms with E-state index in [0.717, 1.165) is 30.5 Å². The smallest absolute Gasteiger partial charge is 0.0223 e. The summed E-state index contributed by atoms with van der Waals surface area (Å²) in [6.07, 6.45) is 4.01. The highest BCUT2D eigenvalue weighted by atomic mass is 15.2. The molecule has 2 nitrogen and oxygen atoms in total. The van der Waals surface area contributed by atoms with Crippen LogP contribution >= 0.6 is 0 Å². The van der Waals surface area contributed by atoms with Gasteiger partial charge in [0.25, 0.3) is 0 Å². The van der Waals surface area contributed by atoms with Crippen LogP contribution < -0.4 is 5.32 Å². The Bertz CT molecular complexity index is 227. The third kappa shape index (κ3) is 4.55. The van der Waals surface area contributed by atoms with E-state index in [4.69, 9.17) is 0 Å². The van der Waals surface area contributed by atoms with Crippen LogP contribution in [0.15, 0.2) is 0 Å². The zero-order valence-corrected chi connectivity index (χ0v) is 13.4. The standard InChI is InChI=1S/C16H34N2/c1-7-8-16(10-17-12(2)3)18-11-13(4)9-14(5)15(18)6/h12-17H,7-11H2,1-6H3. The molecule has 0 aromatic rings. The third-order valence-corrected chi connectivity index (χ3v) is 4.50. The molecule has 0 aliphatic carbocycles. The molecule has 0 saturated carbocycles. The molecular weight excluding hydrogens is 220 g/mol. The van der Waals surface area contributed by atoms with E-state index >= 15 is 0 Å². The van der Waals surface area contributed by atoms with Gasteiger partial charge in [0.15, 0.2) is 0 Å². The molecule has 0 radical (unpaired) electrons. The van der Waals surface area contributed by atoms with Crippen LogP contribution in [0, 0.1) is 11.8 Å². The van der Waals surface area contributed by atoms with E-state index in [1.54, 1.807) is 0 Å². The third-order valence-electron chi connectivity index (χ3n) is 4.50. The van der Waals surface area contributed by atoms with Crippen molar-refractivity contribution in [2.75, 3.05) is 13.1 Å². The second-order valence-electron chi connectivity index (χ2n) is 6.76. The fourth-order valence-corrected chi connectivity index (χ4v) is 3.33. The first-order chi connectivity index (χ1) is 8.45. The summed E-state index contributed by atoms with van der Waals surface area (Å²) >= 11 is 0. The highest BCUT2D eigenvalue weighted by Crippen LogP contribution is 2.29. The summed E-state index contributed by atoms with van der Waals surface area (Å²) in [5.41, 5.74) is 0. The highest BCUT2D eigenvalue weighted by molar-refractivity contribution is 4.87. The van der Waals surface area contributed by atoms with Crippen molar-refractivity contribution in [3.63, 3.8) is 0 Å². The molecule has 0 aromatic carbocycles. The van der Waals surface area contributed by atoms with Crippen LogP contribution in [0.25, 0.3) is 0 Å². The van der Waals surface area contributed by atoms with Crippen molar-refractivity contribution in [2.24, 2.45) is 11.8 Å². The van der Waals surface area contributed by atoms with Gasteiger partial charge in [0, 0.05) is 31.2 Å². The summed E-state index contributed by atoms with van der Waals surface area (Å²) in [6.45, 7) is 16.5. The molecule has 1 aliphatic rings. The lowest BCUT2D eigenvalue weighted by atomic mass is 9.84. The van der Waals surface area contributed by atoms with E-state index in [1.807, 2.05) is 0 Å². The topological polar surface area (TPSA) is 15.3 Å². The number of rotatable bonds is 6. The van der Waals surface area contributed by atoms with E-state index in [9.17, 15) is 0 Å². The summed E-state index contributed by atoms with van der Waals surface area (Å²) in [7, 11) is 0. The van der Waals surface area contributed by atoms with Crippen molar-refractivity contribution in [3.8, 4) is 0 Å². The molecule has 2 heteroatoms. The van der Waals surface area contributed by atoms with Crippen LogP contribution in [0.2, 0.25) is 0 Å². The maximum atomic E-state index is 3.64. The number of piperidine rings is 1. The second kappa shape index (κ2) is 7.49. The predicted octanol–water partition coefficient (Wildman–Crippen LogP) is 3.52. The molecule has 18 heavy (non-hydrogen) atoms. The molecule has 0 aromatic heterocycles. The minimum absolute atomic E-state index is 0.597. The number of likely N-dealkylation sites (tertiary alicyclic amines) is 1. The van der Waals surface area contributed by atoms with E-state index in [2.05, 4.69) is 51.8 Å². The van der Waals surface area contributed by atoms with Crippen molar-refractivity contribution >= 4 is 0 Å². The van der Waals surface area contributed by atoms with Gasteiger partial charge < -0.3 is 5.32 Å². The Hall–Kier alpha value is -0.0800. The Morgan fingerprint density at radius 1 is 1.22 bits per heavy atom. The maximum Gasteiger partial charge on any atom is 0.0223 e. The lowest BCUT2D eigenvalue weighted by molar-refractivity contribution is 0.0358. The second-order valence-corrected chi connectivity index (χ2v) is 6.76. The maximum absolute atomic E-state index is 3.64. The monoisotopic (exact) mass is 254 g/mol. The van der Waals surface area contributed by atoms with Crippen LogP contribution in [0.4, 0.5) is 0 Å². The molecule has 1 rings (SSSR count). The Balaban J connectivity index is 2.63. The van der Waals surface area contributed by atoms with Gasteiger partial charge in [-0.1, -0.05) is 41.0 Å². The Labute approximate surface area is 115 Å². The zero-order valence-electron chi connectivity index (χ0n) is 13.4. The van der Waals surface area contributed by atoms with Gasteiger partial charge in [0.2, 0.25) is 0 Å². The normalized spacial score (nSPS) is 31.8. The molecule has 108 valence electrons. The first kappa shape index (κ1) is 16.0. The van der Waals surface area contributed by atoms with E-state index < -0.39 is 0 Å². The minimum atomic E-state index is 0.597. The summed E-state index contributed by atoms with van der Waals surface area (Å²) in [6, 6.07) is 2.06. The molecule has 4 unspecified atom stereocenters. The summed E-state index contributed by atoms with van der Waals surface area (Å²) in [5.74, 6) is 1.70. The van der Waals surface area contributed by atoms with E-state index in [-0.39, 0.29) is 0 Å². The van der Waals surface area contributed by atoms with Gasteiger partial charge in [-0.2, -0.15) is 0 Å². The summed E-state index contributed by atoms with van der Waals surface area (Å²) in [4.78, 5) is 2.78. The van der Waals surface area contributed by atoms with Gasteiger partial charge in [-0.05, 0) is 31.6 Å². The van der Waals surface area contributed by atoms with Crippen molar-refractivity contribution in [1.82, 2.24) is 10.2 Å². The zero-order chi connectivity index (χ0) is 13.7. The molecular formula is C16H34N2. The molecule has 0 amide bonds. The van der Waals surface area contributed by atoms with Crippen molar-refractivity contribution in [1.29, 1.82) is 0 Å². The average Bonchev–Trinajstić information content (AvgIpc) is 2.29. The Morgan fingerprint density at radius 3 is 2.44 bits per heavy atom. The van der Waals surface area contributed by atoms with Crippen LogP contribution in [0.5, 0.6) is 0 Å². The SMILES string of the molecule is CCCC(CNC(C)C)N1CC(C)CC(C)C1C. The first-order valence-corrected chi connectivity index (χ1v) is 7.94. The fraction of sp³-hybridized carbons (Fsp3) is 1.00. The van der Waals surface area contributed by atoms with Crippen LogP contribution in [0.3, 0.4) is 0 Å². The van der Waals surface area contributed by atoms with Crippen LogP contribution in [-0.2, 0) is 0 Å². The molecule has 1 heterocycles. The number of hydrogen-bond donors (Lipinski definition) is 1. The Kier molecular flexibility index (Phi) is 6.65. The van der Waals surface area contributed by atoms with Crippen molar-refractivity contribution < 1.29 is 0 Å². The van der Waals surface area contributed by atoms with E-state index in [0.29, 0.717) is 6.04 Å². The number of nitrogens with one attached hydrogen (secondary N) is 1. The van der Waals surface area contributed by atoms with Crippen LogP contribution in [-0.4, -0.2) is 36.1 Å². The number of hydrogen-bond acceptors (Lipinski definition) is 2. The summed E-state index contributed by atoms with van der Waals surface area (Å²) in [5, 5.41) is 3.64. The highest BCUT2D eigenvalue weighted by Gasteiger charge is 2.32. The predicted molar refractivity (Wildman–Crippen MR) is 80.9 cm³/mol. The molecule has 0 bridgehead atoms. The lowest BCUT2D eigenvalue weighted by Crippen LogP contribution is -2.54. The number of nitrogens with zero attached hydrogens (tertiary/aromatic N) is 1. The van der Waals surface area contributed by atoms with Gasteiger partial charge >= 0.3 is 0 Å². The quantitative estimate of drug-likeness (QED) is 0.780. The van der Waals surface area contributed by atoms with Gasteiger partial charge in [-0.3, -0.25) is 4.90 Å². The molecule has 1 aliphatic heterocycles. The van der Waals surface area contributed by atoms with E-state index in [1.165, 1.54) is 25.8 Å². The molecule has 1 saturated heterocycles. The lowest BCUT2D eigenvalue weighted by Gasteiger charge is -2.45. The van der Waals surface area contributed by atoms with Gasteiger partial charge in [0.05, 0.1) is 0 Å². The summed E-state index contributed by atoms with van der Waals surface area (Å²) < 4.78 is 0. The fourth-order valence-electron chi connectivity index (χ4n) is 3.33. The largest absolute Gasteiger partial charge is 0.313 e. The van der Waals surface area contributed by atoms with Gasteiger partial charge in [-0.15, -0.1) is 0 Å². The van der Waals surface area contributed by atoms with Crippen molar-refractivity contribution in [3.05, 3.63) is 0 Å². The molecule has 4 atom stereocenters. The van der Waals surface area contributed by atoms with Crippen molar-refractivity contribution in [2.45, 2.75) is 78.9 Å².